The Balaban J connectivity index is 1.94. The Labute approximate surface area is 167 Å². The standard InChI is InChI=1S/C20H20ClN3O4/c1-13-11-24(19(27)15-7-3-4-8-16(15)21)17-9-5-2-6-14(17)12-23(13)20(28)22-10-18(25)26/h2-9,13H,10-12H2,1H3,(H,22,28)(H,25,26)/t13-/m1/s1. The van der Waals surface area contributed by atoms with Crippen molar-refractivity contribution in [3.8, 4) is 0 Å². The molecular formula is C20H20ClN3O4. The lowest BCUT2D eigenvalue weighted by Crippen LogP contribution is -2.49. The molecule has 1 atom stereocenters. The van der Waals surface area contributed by atoms with Gasteiger partial charge in [0.1, 0.15) is 6.54 Å². The second-order valence-corrected chi connectivity index (χ2v) is 6.96. The first-order valence-electron chi connectivity index (χ1n) is 8.79. The molecule has 28 heavy (non-hydrogen) atoms. The monoisotopic (exact) mass is 401 g/mol. The van der Waals surface area contributed by atoms with Gasteiger partial charge in [0.15, 0.2) is 0 Å². The second-order valence-electron chi connectivity index (χ2n) is 6.55. The topological polar surface area (TPSA) is 90.0 Å². The summed E-state index contributed by atoms with van der Waals surface area (Å²) in [7, 11) is 0. The van der Waals surface area contributed by atoms with E-state index >= 15 is 0 Å². The number of carboxylic acids is 1. The number of halogens is 1. The number of carbonyl (C=O) groups is 3. The molecule has 0 bridgehead atoms. The van der Waals surface area contributed by atoms with E-state index in [1.54, 1.807) is 29.2 Å². The van der Waals surface area contributed by atoms with Gasteiger partial charge in [0.25, 0.3) is 5.91 Å². The van der Waals surface area contributed by atoms with Crippen LogP contribution >= 0.6 is 11.6 Å². The minimum Gasteiger partial charge on any atom is -0.480 e. The largest absolute Gasteiger partial charge is 0.480 e. The highest BCUT2D eigenvalue weighted by Crippen LogP contribution is 2.30. The van der Waals surface area contributed by atoms with E-state index in [9.17, 15) is 14.4 Å². The Hall–Kier alpha value is -3.06. The fourth-order valence-corrected chi connectivity index (χ4v) is 3.42. The zero-order valence-electron chi connectivity index (χ0n) is 15.3. The van der Waals surface area contributed by atoms with E-state index in [-0.39, 0.29) is 25.0 Å². The number of urea groups is 1. The summed E-state index contributed by atoms with van der Waals surface area (Å²) in [4.78, 5) is 39.6. The Morgan fingerprint density at radius 3 is 2.54 bits per heavy atom. The molecule has 1 heterocycles. The summed E-state index contributed by atoms with van der Waals surface area (Å²) in [6.45, 7) is 1.86. The van der Waals surface area contributed by atoms with Gasteiger partial charge in [0.2, 0.25) is 0 Å². The maximum absolute atomic E-state index is 13.2. The lowest BCUT2D eigenvalue weighted by molar-refractivity contribution is -0.135. The van der Waals surface area contributed by atoms with Gasteiger partial charge in [0, 0.05) is 24.8 Å². The molecule has 3 amide bonds. The molecule has 1 aliphatic heterocycles. The number of fused-ring (bicyclic) bond motifs is 1. The van der Waals surface area contributed by atoms with Crippen molar-refractivity contribution in [2.75, 3.05) is 18.0 Å². The Kier molecular flexibility index (Phi) is 5.84. The zero-order valence-corrected chi connectivity index (χ0v) is 16.0. The number of rotatable bonds is 3. The van der Waals surface area contributed by atoms with Crippen LogP contribution in [0.15, 0.2) is 48.5 Å². The molecule has 3 rings (SSSR count). The van der Waals surface area contributed by atoms with Crippen LogP contribution in [0.25, 0.3) is 0 Å². The summed E-state index contributed by atoms with van der Waals surface area (Å²) >= 11 is 6.21. The molecule has 0 aromatic heterocycles. The Bertz CT molecular complexity index is 918. The smallest absolute Gasteiger partial charge is 0.323 e. The van der Waals surface area contributed by atoms with Crippen molar-refractivity contribution >= 4 is 35.2 Å². The third-order valence-electron chi connectivity index (χ3n) is 4.60. The molecule has 0 fully saturated rings. The van der Waals surface area contributed by atoms with Crippen molar-refractivity contribution in [1.82, 2.24) is 10.2 Å². The predicted molar refractivity (Wildman–Crippen MR) is 106 cm³/mol. The highest BCUT2D eigenvalue weighted by Gasteiger charge is 2.32. The van der Waals surface area contributed by atoms with Crippen LogP contribution in [-0.2, 0) is 11.3 Å². The van der Waals surface area contributed by atoms with Crippen LogP contribution in [-0.4, -0.2) is 47.0 Å². The molecule has 2 aromatic rings. The fraction of sp³-hybridized carbons (Fsp3) is 0.250. The quantitative estimate of drug-likeness (QED) is 0.827. The van der Waals surface area contributed by atoms with Crippen LogP contribution in [0.4, 0.5) is 10.5 Å². The van der Waals surface area contributed by atoms with Gasteiger partial charge in [-0.15, -0.1) is 0 Å². The van der Waals surface area contributed by atoms with E-state index in [4.69, 9.17) is 16.7 Å². The minimum atomic E-state index is -1.12. The van der Waals surface area contributed by atoms with Gasteiger partial charge in [-0.25, -0.2) is 4.79 Å². The van der Waals surface area contributed by atoms with Gasteiger partial charge in [-0.1, -0.05) is 41.9 Å². The summed E-state index contributed by atoms with van der Waals surface area (Å²) < 4.78 is 0. The van der Waals surface area contributed by atoms with E-state index in [0.717, 1.165) is 5.56 Å². The predicted octanol–water partition coefficient (Wildman–Crippen LogP) is 2.99. The lowest BCUT2D eigenvalue weighted by Gasteiger charge is -2.29. The summed E-state index contributed by atoms with van der Waals surface area (Å²) in [6, 6.07) is 13.3. The molecule has 2 N–H and O–H groups in total. The molecule has 0 saturated carbocycles. The number of hydrogen-bond acceptors (Lipinski definition) is 3. The normalized spacial score (nSPS) is 16.1. The summed E-state index contributed by atoms with van der Waals surface area (Å²) in [6.07, 6.45) is 0. The maximum atomic E-state index is 13.2. The average Bonchev–Trinajstić information content (AvgIpc) is 2.83. The molecule has 0 spiro atoms. The highest BCUT2D eigenvalue weighted by atomic mass is 35.5. The molecular weight excluding hydrogens is 382 g/mol. The molecule has 8 heteroatoms. The first kappa shape index (κ1) is 19.7. The van der Waals surface area contributed by atoms with Crippen molar-refractivity contribution in [3.63, 3.8) is 0 Å². The number of nitrogens with one attached hydrogen (secondary N) is 1. The van der Waals surface area contributed by atoms with Gasteiger partial charge in [-0.05, 0) is 30.7 Å². The SMILES string of the molecule is C[C@@H]1CN(C(=O)c2ccccc2Cl)c2ccccc2CN1C(=O)NCC(=O)O. The molecule has 0 saturated heterocycles. The van der Waals surface area contributed by atoms with E-state index in [1.165, 1.54) is 4.90 Å². The summed E-state index contributed by atoms with van der Waals surface area (Å²) in [5, 5.41) is 11.6. The second kappa shape index (κ2) is 8.31. The number of amides is 3. The number of para-hydroxylation sites is 1. The van der Waals surface area contributed by atoms with Gasteiger partial charge in [0.05, 0.1) is 10.6 Å². The van der Waals surface area contributed by atoms with Crippen LogP contribution in [0.5, 0.6) is 0 Å². The van der Waals surface area contributed by atoms with Gasteiger partial charge in [-0.3, -0.25) is 9.59 Å². The minimum absolute atomic E-state index is 0.252. The van der Waals surface area contributed by atoms with Crippen molar-refractivity contribution < 1.29 is 19.5 Å². The molecule has 0 radical (unpaired) electrons. The number of hydrogen-bond donors (Lipinski definition) is 2. The van der Waals surface area contributed by atoms with E-state index in [0.29, 0.717) is 16.3 Å². The molecule has 2 aromatic carbocycles. The number of anilines is 1. The maximum Gasteiger partial charge on any atom is 0.323 e. The summed E-state index contributed by atoms with van der Waals surface area (Å²) in [5.41, 5.74) is 1.88. The number of benzene rings is 2. The molecule has 1 aliphatic rings. The molecule has 7 nitrogen and oxygen atoms in total. The highest BCUT2D eigenvalue weighted by molar-refractivity contribution is 6.34. The fourth-order valence-electron chi connectivity index (χ4n) is 3.21. The number of nitrogens with zero attached hydrogens (tertiary/aromatic N) is 2. The van der Waals surface area contributed by atoms with Gasteiger partial charge >= 0.3 is 12.0 Å². The van der Waals surface area contributed by atoms with E-state index in [1.807, 2.05) is 31.2 Å². The van der Waals surface area contributed by atoms with Crippen LogP contribution in [0.1, 0.15) is 22.8 Å². The molecule has 0 aliphatic carbocycles. The van der Waals surface area contributed by atoms with E-state index < -0.39 is 18.5 Å². The molecule has 0 unspecified atom stereocenters. The van der Waals surface area contributed by atoms with E-state index in [2.05, 4.69) is 5.32 Å². The Morgan fingerprint density at radius 1 is 1.14 bits per heavy atom. The first-order valence-corrected chi connectivity index (χ1v) is 9.17. The lowest BCUT2D eigenvalue weighted by atomic mass is 10.1. The van der Waals surface area contributed by atoms with Crippen molar-refractivity contribution in [3.05, 3.63) is 64.7 Å². The average molecular weight is 402 g/mol. The van der Waals surface area contributed by atoms with Crippen molar-refractivity contribution in [2.24, 2.45) is 0 Å². The summed E-state index contributed by atoms with van der Waals surface area (Å²) in [5.74, 6) is -1.37. The molecule has 146 valence electrons. The van der Waals surface area contributed by atoms with Crippen molar-refractivity contribution in [1.29, 1.82) is 0 Å². The van der Waals surface area contributed by atoms with Crippen molar-refractivity contribution in [2.45, 2.75) is 19.5 Å². The number of aliphatic carboxylic acids is 1. The number of carbonyl (C=O) groups excluding carboxylic acids is 2. The third kappa shape index (κ3) is 4.09. The first-order chi connectivity index (χ1) is 13.4. The van der Waals surface area contributed by atoms with Gasteiger partial charge < -0.3 is 20.2 Å². The Morgan fingerprint density at radius 2 is 1.82 bits per heavy atom. The van der Waals surface area contributed by atoms with Crippen LogP contribution < -0.4 is 10.2 Å². The van der Waals surface area contributed by atoms with Gasteiger partial charge in [-0.2, -0.15) is 0 Å². The zero-order chi connectivity index (χ0) is 20.3. The van der Waals surface area contributed by atoms with Crippen LogP contribution in [0.2, 0.25) is 5.02 Å². The van der Waals surface area contributed by atoms with Crippen LogP contribution in [0.3, 0.4) is 0 Å². The third-order valence-corrected chi connectivity index (χ3v) is 4.93. The number of carboxylic acid groups (broad SMARTS) is 1. The van der Waals surface area contributed by atoms with Crippen LogP contribution in [0, 0.1) is 0 Å².